The summed E-state index contributed by atoms with van der Waals surface area (Å²) in [6.45, 7) is 2.18. The zero-order valence-electron chi connectivity index (χ0n) is 13.2. The molecule has 6 nitrogen and oxygen atoms in total. The fourth-order valence-corrected chi connectivity index (χ4v) is 2.10. The second-order valence-electron chi connectivity index (χ2n) is 5.15. The van der Waals surface area contributed by atoms with E-state index in [-0.39, 0.29) is 5.91 Å². The molecule has 0 aliphatic carbocycles. The number of nitrogens with two attached hydrogens (primary N) is 1. The minimum absolute atomic E-state index is 0.146. The highest BCUT2D eigenvalue weighted by molar-refractivity contribution is 5.92. The summed E-state index contributed by atoms with van der Waals surface area (Å²) in [5, 5.41) is 2.87. The summed E-state index contributed by atoms with van der Waals surface area (Å²) in [4.78, 5) is 23.5. The van der Waals surface area contributed by atoms with Gasteiger partial charge >= 0.3 is 0 Å². The number of hydrogen-bond acceptors (Lipinski definition) is 3. The molecule has 1 aromatic heterocycles. The molecule has 0 bridgehead atoms. The van der Waals surface area contributed by atoms with E-state index < -0.39 is 11.9 Å². The van der Waals surface area contributed by atoms with Crippen LogP contribution in [0.4, 0.5) is 0 Å². The van der Waals surface area contributed by atoms with Crippen LogP contribution in [-0.2, 0) is 11.3 Å². The molecule has 3 N–H and O–H groups in total. The van der Waals surface area contributed by atoms with Crippen LogP contribution in [0.1, 0.15) is 28.9 Å². The van der Waals surface area contributed by atoms with E-state index in [0.717, 1.165) is 11.3 Å². The van der Waals surface area contributed by atoms with Gasteiger partial charge in [0.1, 0.15) is 11.3 Å². The zero-order valence-corrected chi connectivity index (χ0v) is 13.2. The summed E-state index contributed by atoms with van der Waals surface area (Å²) in [5.41, 5.74) is 6.59. The molecule has 2 amide bonds. The maximum Gasteiger partial charge on any atom is 0.289 e. The Morgan fingerprint density at radius 2 is 1.96 bits per heavy atom. The zero-order chi connectivity index (χ0) is 16.8. The van der Waals surface area contributed by atoms with Crippen molar-refractivity contribution in [1.82, 2.24) is 5.32 Å². The van der Waals surface area contributed by atoms with Crippen LogP contribution in [0.25, 0.3) is 0 Å². The van der Waals surface area contributed by atoms with Gasteiger partial charge in [-0.15, -0.1) is 0 Å². The molecule has 6 heteroatoms. The lowest BCUT2D eigenvalue weighted by Gasteiger charge is -2.09. The van der Waals surface area contributed by atoms with Crippen LogP contribution in [0, 0.1) is 0 Å². The van der Waals surface area contributed by atoms with Crippen LogP contribution in [0.15, 0.2) is 48.8 Å². The molecule has 0 spiro atoms. The molecule has 0 aliphatic heterocycles. The highest BCUT2D eigenvalue weighted by Gasteiger charge is 2.22. The van der Waals surface area contributed by atoms with Gasteiger partial charge in [-0.1, -0.05) is 12.1 Å². The van der Waals surface area contributed by atoms with Gasteiger partial charge in [0, 0.05) is 19.5 Å². The maximum absolute atomic E-state index is 12.2. The van der Waals surface area contributed by atoms with E-state index in [0.29, 0.717) is 12.1 Å². The first-order chi connectivity index (χ1) is 11.0. The van der Waals surface area contributed by atoms with E-state index in [9.17, 15) is 9.59 Å². The molecule has 1 atom stereocenters. The molecule has 1 aromatic carbocycles. The number of benzene rings is 1. The average molecular weight is 314 g/mol. The lowest BCUT2D eigenvalue weighted by atomic mass is 10.2. The Labute approximate surface area is 134 Å². The van der Waals surface area contributed by atoms with Crippen molar-refractivity contribution in [3.8, 4) is 5.75 Å². The average Bonchev–Trinajstić information content (AvgIpc) is 2.59. The minimum Gasteiger partial charge on any atom is -0.497 e. The number of hydrogen-bond donors (Lipinski definition) is 2. The van der Waals surface area contributed by atoms with Crippen molar-refractivity contribution >= 4 is 11.8 Å². The third-order valence-corrected chi connectivity index (χ3v) is 3.56. The Hall–Kier alpha value is -2.89. The van der Waals surface area contributed by atoms with E-state index in [2.05, 4.69) is 5.32 Å². The minimum atomic E-state index is -0.523. The summed E-state index contributed by atoms with van der Waals surface area (Å²) in [5.74, 6) is 0.102. The molecule has 0 saturated heterocycles. The lowest BCUT2D eigenvalue weighted by molar-refractivity contribution is -0.706. The van der Waals surface area contributed by atoms with Gasteiger partial charge in [0.2, 0.25) is 6.04 Å². The van der Waals surface area contributed by atoms with Gasteiger partial charge in [0.05, 0.1) is 7.11 Å². The van der Waals surface area contributed by atoms with Gasteiger partial charge in [-0.2, -0.15) is 4.57 Å². The summed E-state index contributed by atoms with van der Waals surface area (Å²) in [6, 6.07) is 10.3. The Bertz CT molecular complexity index is 698. The van der Waals surface area contributed by atoms with Crippen molar-refractivity contribution in [2.45, 2.75) is 19.5 Å². The van der Waals surface area contributed by atoms with Crippen molar-refractivity contribution in [1.29, 1.82) is 0 Å². The number of methoxy groups -OCH3 is 1. The van der Waals surface area contributed by atoms with E-state index in [1.54, 1.807) is 43.1 Å². The molecule has 0 radical (unpaired) electrons. The van der Waals surface area contributed by atoms with E-state index >= 15 is 0 Å². The van der Waals surface area contributed by atoms with Crippen LogP contribution in [0.5, 0.6) is 5.75 Å². The van der Waals surface area contributed by atoms with Crippen LogP contribution >= 0.6 is 0 Å². The van der Waals surface area contributed by atoms with Crippen LogP contribution in [0.2, 0.25) is 0 Å². The third kappa shape index (κ3) is 4.29. The van der Waals surface area contributed by atoms with Crippen molar-refractivity contribution in [3.63, 3.8) is 0 Å². The Morgan fingerprint density at radius 3 is 2.57 bits per heavy atom. The van der Waals surface area contributed by atoms with Gasteiger partial charge in [0.25, 0.3) is 11.8 Å². The van der Waals surface area contributed by atoms with Crippen LogP contribution in [-0.4, -0.2) is 18.9 Å². The number of amides is 2. The molecule has 0 fully saturated rings. The molecular weight excluding hydrogens is 294 g/mol. The smallest absolute Gasteiger partial charge is 0.289 e. The largest absolute Gasteiger partial charge is 0.497 e. The molecule has 0 saturated carbocycles. The first kappa shape index (κ1) is 16.5. The van der Waals surface area contributed by atoms with E-state index in [4.69, 9.17) is 10.5 Å². The van der Waals surface area contributed by atoms with E-state index in [1.165, 1.54) is 0 Å². The number of aromatic nitrogens is 1. The SMILES string of the molecule is COc1ccc(CNC(=O)[C@H](C)[n+]2cccc(C(N)=O)c2)cc1. The van der Waals surface area contributed by atoms with E-state index in [1.807, 2.05) is 24.3 Å². The fourth-order valence-electron chi connectivity index (χ4n) is 2.10. The van der Waals surface area contributed by atoms with Crippen LogP contribution < -0.4 is 20.4 Å². The molecule has 0 aliphatic rings. The predicted molar refractivity (Wildman–Crippen MR) is 84.7 cm³/mol. The second-order valence-corrected chi connectivity index (χ2v) is 5.15. The summed E-state index contributed by atoms with van der Waals surface area (Å²) in [7, 11) is 1.61. The number of primary amides is 1. The number of rotatable bonds is 6. The summed E-state index contributed by atoms with van der Waals surface area (Å²) in [6.07, 6.45) is 3.30. The molecule has 1 heterocycles. The highest BCUT2D eigenvalue weighted by Crippen LogP contribution is 2.11. The number of carbonyl (C=O) groups is 2. The monoisotopic (exact) mass is 314 g/mol. The second kappa shape index (κ2) is 7.40. The van der Waals surface area contributed by atoms with Gasteiger partial charge in [0.15, 0.2) is 12.4 Å². The lowest BCUT2D eigenvalue weighted by Crippen LogP contribution is -2.46. The molecule has 0 unspecified atom stereocenters. The van der Waals surface area contributed by atoms with Crippen molar-refractivity contribution in [2.24, 2.45) is 5.73 Å². The third-order valence-electron chi connectivity index (χ3n) is 3.56. The number of pyridine rings is 1. The summed E-state index contributed by atoms with van der Waals surface area (Å²) >= 11 is 0. The predicted octanol–water partition coefficient (Wildman–Crippen LogP) is 0.959. The number of carbonyl (C=O) groups excluding carboxylic acids is 2. The maximum atomic E-state index is 12.2. The quantitative estimate of drug-likeness (QED) is 0.779. The molecule has 2 aromatic rings. The molecular formula is C17H20N3O3+. The first-order valence-corrected chi connectivity index (χ1v) is 7.22. The Balaban J connectivity index is 1.99. The van der Waals surface area contributed by atoms with Crippen molar-refractivity contribution < 1.29 is 18.9 Å². The molecule has 120 valence electrons. The first-order valence-electron chi connectivity index (χ1n) is 7.22. The fraction of sp³-hybridized carbons (Fsp3) is 0.235. The topological polar surface area (TPSA) is 85.3 Å². The number of nitrogens with one attached hydrogen (secondary N) is 1. The van der Waals surface area contributed by atoms with Gasteiger partial charge in [-0.3, -0.25) is 9.59 Å². The number of nitrogens with zero attached hydrogens (tertiary/aromatic N) is 1. The van der Waals surface area contributed by atoms with Gasteiger partial charge in [-0.25, -0.2) is 0 Å². The molecule has 2 rings (SSSR count). The summed E-state index contributed by atoms with van der Waals surface area (Å²) < 4.78 is 6.75. The van der Waals surface area contributed by atoms with Crippen molar-refractivity contribution in [2.75, 3.05) is 7.11 Å². The number of ether oxygens (including phenoxy) is 1. The van der Waals surface area contributed by atoms with Crippen LogP contribution in [0.3, 0.4) is 0 Å². The molecule has 23 heavy (non-hydrogen) atoms. The Kier molecular flexibility index (Phi) is 5.30. The van der Waals surface area contributed by atoms with Gasteiger partial charge < -0.3 is 15.8 Å². The Morgan fingerprint density at radius 1 is 1.26 bits per heavy atom. The van der Waals surface area contributed by atoms with Gasteiger partial charge in [-0.05, 0) is 23.8 Å². The normalized spacial score (nSPS) is 11.6. The standard InChI is InChI=1S/C17H19N3O3/c1-12(20-9-3-4-14(11-20)16(18)21)17(22)19-10-13-5-7-15(23-2)8-6-13/h3-9,11-12H,10H2,1-2H3,(H2-,18,19,21,22)/p+1/t12-/m0/s1. The highest BCUT2D eigenvalue weighted by atomic mass is 16.5. The van der Waals surface area contributed by atoms with Crippen molar-refractivity contribution in [3.05, 3.63) is 59.9 Å².